The van der Waals surface area contributed by atoms with E-state index in [0.29, 0.717) is 24.6 Å². The lowest BCUT2D eigenvalue weighted by molar-refractivity contribution is -0.689. The molecular weight excluding hydrogens is 459 g/mol. The number of nitrogens with zero attached hydrogens (tertiary/aromatic N) is 3. The summed E-state index contributed by atoms with van der Waals surface area (Å²) in [5, 5.41) is 0. The van der Waals surface area contributed by atoms with Crippen LogP contribution in [0, 0.1) is 13.8 Å². The molecule has 0 spiro atoms. The van der Waals surface area contributed by atoms with E-state index in [9.17, 15) is 4.57 Å². The molecule has 12 nitrogen and oxygen atoms in total. The van der Waals surface area contributed by atoms with Crippen LogP contribution in [0.2, 0.25) is 0 Å². The van der Waals surface area contributed by atoms with Gasteiger partial charge in [0, 0.05) is 19.5 Å². The Balaban J connectivity index is 0.00000108. The summed E-state index contributed by atoms with van der Waals surface area (Å²) in [6, 6.07) is 0. The van der Waals surface area contributed by atoms with Crippen molar-refractivity contribution >= 4 is 35.4 Å². The normalized spacial score (nSPS) is 11.4. The highest BCUT2D eigenvalue weighted by Crippen LogP contribution is 2.35. The number of aryl methyl sites for hydroxylation is 1. The summed E-state index contributed by atoms with van der Waals surface area (Å²) in [7, 11) is -9.08. The summed E-state index contributed by atoms with van der Waals surface area (Å²) < 4.78 is 48.7. The standard InChI is InChI=1S/C12H17N4O4PS.ClH.H2O4S/c1-8-11(3-4-20-21(17,18)19)22-7-16(8)6-10-5-14-9(2)15-12(10)13;;1-5(2,3)4/h5,7H,3-4,6H2,1-2H3,(H3-,13,14,15,17,18,19);1H;(H2,1,2,3,4). The van der Waals surface area contributed by atoms with E-state index < -0.39 is 18.2 Å². The number of nitrogens with two attached hydrogens (primary N) is 1. The van der Waals surface area contributed by atoms with Crippen LogP contribution < -0.4 is 22.7 Å². The van der Waals surface area contributed by atoms with E-state index in [-0.39, 0.29) is 19.0 Å². The number of phosphoric acid groups is 1. The molecule has 0 saturated carbocycles. The summed E-state index contributed by atoms with van der Waals surface area (Å²) in [6.07, 6.45) is 2.15. The van der Waals surface area contributed by atoms with Crippen LogP contribution in [0.1, 0.15) is 22.0 Å². The first-order chi connectivity index (χ1) is 12.3. The second-order valence-corrected chi connectivity index (χ2v) is 8.28. The average Bonchev–Trinajstić information content (AvgIpc) is 2.80. The van der Waals surface area contributed by atoms with Gasteiger partial charge >= 0.3 is 18.2 Å². The fraction of sp³-hybridized carbons (Fsp3) is 0.417. The zero-order chi connectivity index (χ0) is 20.8. The Hall–Kier alpha value is -1.22. The molecule has 0 atom stereocenters. The monoisotopic (exact) mass is 478 g/mol. The van der Waals surface area contributed by atoms with Crippen molar-refractivity contribution in [1.82, 2.24) is 9.97 Å². The largest absolute Gasteiger partial charge is 1.00 e. The third kappa shape index (κ3) is 10.9. The highest BCUT2D eigenvalue weighted by atomic mass is 35.5. The molecule has 28 heavy (non-hydrogen) atoms. The van der Waals surface area contributed by atoms with Crippen molar-refractivity contribution in [2.75, 3.05) is 12.3 Å². The lowest BCUT2D eigenvalue weighted by Gasteiger charge is -2.04. The number of aromatic nitrogens is 3. The van der Waals surface area contributed by atoms with Gasteiger partial charge in [-0.1, -0.05) is 11.3 Å². The SMILES string of the molecule is Cc1ncc(C[n+]2csc(CCOP(=O)(O)O)c2C)c(N)n1.O=S(=O)(O)O.[Cl-]. The number of anilines is 1. The van der Waals surface area contributed by atoms with E-state index >= 15 is 0 Å². The summed E-state index contributed by atoms with van der Waals surface area (Å²) >= 11 is 1.50. The molecule has 0 bridgehead atoms. The summed E-state index contributed by atoms with van der Waals surface area (Å²) in [5.41, 5.74) is 9.65. The fourth-order valence-electron chi connectivity index (χ4n) is 1.92. The van der Waals surface area contributed by atoms with Crippen molar-refractivity contribution in [2.45, 2.75) is 26.8 Å². The van der Waals surface area contributed by atoms with Crippen LogP contribution in [-0.4, -0.2) is 43.9 Å². The molecule has 0 aliphatic rings. The van der Waals surface area contributed by atoms with Gasteiger partial charge in [-0.25, -0.2) is 14.5 Å². The first kappa shape index (κ1) is 26.8. The van der Waals surface area contributed by atoms with Crippen molar-refractivity contribution in [3.05, 3.63) is 33.7 Å². The minimum atomic E-state index is -4.67. The molecule has 0 saturated heterocycles. The fourth-order valence-corrected chi connectivity index (χ4v) is 3.23. The minimum absolute atomic E-state index is 0. The number of hydrogen-bond donors (Lipinski definition) is 5. The number of hydrogen-bond acceptors (Lipinski definition) is 8. The van der Waals surface area contributed by atoms with Gasteiger partial charge in [-0.2, -0.15) is 13.0 Å². The number of phosphoric ester groups is 1. The molecular formula is C12H20ClN4O8PS2. The third-order valence-corrected chi connectivity index (χ3v) is 4.77. The maximum absolute atomic E-state index is 10.7. The summed E-state index contributed by atoms with van der Waals surface area (Å²) in [5.74, 6) is 1.08. The van der Waals surface area contributed by atoms with Crippen LogP contribution >= 0.6 is 19.2 Å². The Bertz CT molecular complexity index is 926. The second kappa shape index (κ2) is 11.1. The molecule has 0 radical (unpaired) electrons. The minimum Gasteiger partial charge on any atom is -1.00 e. The molecule has 0 aliphatic carbocycles. The Kier molecular flexibility index (Phi) is 10.6. The van der Waals surface area contributed by atoms with Crippen molar-refractivity contribution in [2.24, 2.45) is 0 Å². The molecule has 160 valence electrons. The molecule has 0 fully saturated rings. The Morgan fingerprint density at radius 2 is 1.89 bits per heavy atom. The van der Waals surface area contributed by atoms with Crippen molar-refractivity contribution in [3.63, 3.8) is 0 Å². The quantitative estimate of drug-likeness (QED) is 0.162. The van der Waals surface area contributed by atoms with E-state index in [0.717, 1.165) is 16.1 Å². The average molecular weight is 479 g/mol. The van der Waals surface area contributed by atoms with E-state index in [2.05, 4.69) is 14.5 Å². The van der Waals surface area contributed by atoms with Gasteiger partial charge in [-0.3, -0.25) is 13.6 Å². The predicted molar refractivity (Wildman–Crippen MR) is 95.4 cm³/mol. The highest BCUT2D eigenvalue weighted by Gasteiger charge is 2.19. The molecule has 2 aromatic rings. The van der Waals surface area contributed by atoms with Crippen LogP contribution in [0.3, 0.4) is 0 Å². The highest BCUT2D eigenvalue weighted by molar-refractivity contribution is 7.79. The molecule has 0 unspecified atom stereocenters. The van der Waals surface area contributed by atoms with E-state index in [1.165, 1.54) is 11.3 Å². The number of halogens is 1. The second-order valence-electron chi connectivity index (χ2n) is 5.21. The Morgan fingerprint density at radius 3 is 2.39 bits per heavy atom. The van der Waals surface area contributed by atoms with Gasteiger partial charge in [0.2, 0.25) is 5.51 Å². The van der Waals surface area contributed by atoms with E-state index in [4.69, 9.17) is 33.0 Å². The van der Waals surface area contributed by atoms with Crippen molar-refractivity contribution in [3.8, 4) is 0 Å². The van der Waals surface area contributed by atoms with Crippen molar-refractivity contribution < 1.29 is 53.4 Å². The number of nitrogen functional groups attached to an aromatic ring is 1. The van der Waals surface area contributed by atoms with Crippen LogP contribution in [0.25, 0.3) is 0 Å². The summed E-state index contributed by atoms with van der Waals surface area (Å²) in [4.78, 5) is 26.6. The van der Waals surface area contributed by atoms with Gasteiger partial charge in [0.1, 0.15) is 11.6 Å². The van der Waals surface area contributed by atoms with Gasteiger partial charge in [0.25, 0.3) is 0 Å². The maximum atomic E-state index is 10.7. The van der Waals surface area contributed by atoms with Crippen molar-refractivity contribution in [1.29, 1.82) is 0 Å². The predicted octanol–water partition coefficient (Wildman–Crippen LogP) is -2.92. The molecule has 0 amide bonds. The van der Waals surface area contributed by atoms with Gasteiger partial charge in [0.15, 0.2) is 12.2 Å². The van der Waals surface area contributed by atoms with Gasteiger partial charge < -0.3 is 27.9 Å². The lowest BCUT2D eigenvalue weighted by atomic mass is 10.2. The molecule has 0 aliphatic heterocycles. The third-order valence-electron chi connectivity index (χ3n) is 3.10. The zero-order valence-corrected chi connectivity index (χ0v) is 18.0. The number of thiazole rings is 1. The zero-order valence-electron chi connectivity index (χ0n) is 14.8. The summed E-state index contributed by atoms with van der Waals surface area (Å²) in [6.45, 7) is 4.24. The Labute approximate surface area is 171 Å². The van der Waals surface area contributed by atoms with E-state index in [1.807, 2.05) is 17.0 Å². The van der Waals surface area contributed by atoms with Crippen LogP contribution in [0.15, 0.2) is 11.7 Å². The topological polar surface area (TPSA) is 197 Å². The molecule has 0 aromatic carbocycles. The van der Waals surface area contributed by atoms with Gasteiger partial charge in [-0.05, 0) is 6.92 Å². The molecule has 2 aromatic heterocycles. The Morgan fingerprint density at radius 1 is 1.32 bits per heavy atom. The lowest BCUT2D eigenvalue weighted by Crippen LogP contribution is -3.00. The van der Waals surface area contributed by atoms with Crippen LogP contribution in [0.4, 0.5) is 5.82 Å². The first-order valence-electron chi connectivity index (χ1n) is 7.20. The van der Waals surface area contributed by atoms with Crippen LogP contribution in [0.5, 0.6) is 0 Å². The molecule has 16 heteroatoms. The molecule has 2 heterocycles. The molecule has 6 N–H and O–H groups in total. The smallest absolute Gasteiger partial charge is 0.469 e. The van der Waals surface area contributed by atoms with E-state index in [1.54, 1.807) is 13.1 Å². The number of rotatable bonds is 6. The maximum Gasteiger partial charge on any atom is 0.469 e. The van der Waals surface area contributed by atoms with Gasteiger partial charge in [-0.15, -0.1) is 0 Å². The van der Waals surface area contributed by atoms with Gasteiger partial charge in [0.05, 0.1) is 17.0 Å². The molecule has 2 rings (SSSR count). The van der Waals surface area contributed by atoms with Crippen LogP contribution in [-0.2, 0) is 32.5 Å². The first-order valence-corrected chi connectivity index (χ1v) is 11.0.